The fourth-order valence-corrected chi connectivity index (χ4v) is 5.33. The first-order chi connectivity index (χ1) is 14.9. The lowest BCUT2D eigenvalue weighted by Crippen LogP contribution is -2.23. The lowest BCUT2D eigenvalue weighted by Gasteiger charge is -2.39. The van der Waals surface area contributed by atoms with Crippen LogP contribution in [0.3, 0.4) is 0 Å². The largest absolute Gasteiger partial charge is 0.310 e. The molecular formula is C30H29N. The lowest BCUT2D eigenvalue weighted by molar-refractivity contribution is 0.910. The highest BCUT2D eigenvalue weighted by molar-refractivity contribution is 5.86. The van der Waals surface area contributed by atoms with Crippen molar-refractivity contribution in [3.8, 4) is 0 Å². The van der Waals surface area contributed by atoms with Crippen LogP contribution in [0.5, 0.6) is 0 Å². The quantitative estimate of drug-likeness (QED) is 0.287. The average molecular weight is 404 g/mol. The number of hydrogen-bond acceptors (Lipinski definition) is 1. The van der Waals surface area contributed by atoms with Crippen LogP contribution in [0.25, 0.3) is 0 Å². The summed E-state index contributed by atoms with van der Waals surface area (Å²) in [7, 11) is 0. The van der Waals surface area contributed by atoms with Crippen LogP contribution in [0, 0.1) is 34.6 Å². The fourth-order valence-electron chi connectivity index (χ4n) is 5.33. The maximum atomic E-state index is 2.43. The third kappa shape index (κ3) is 3.25. The van der Waals surface area contributed by atoms with Crippen LogP contribution in [0.4, 0.5) is 17.1 Å². The van der Waals surface area contributed by atoms with Gasteiger partial charge in [-0.2, -0.15) is 0 Å². The average Bonchev–Trinajstić information content (AvgIpc) is 2.73. The molecule has 4 aromatic rings. The van der Waals surface area contributed by atoms with E-state index >= 15 is 0 Å². The zero-order valence-corrected chi connectivity index (χ0v) is 19.0. The summed E-state index contributed by atoms with van der Waals surface area (Å²) in [6.45, 7) is 11.1. The Morgan fingerprint density at radius 3 is 1.58 bits per heavy atom. The van der Waals surface area contributed by atoms with Gasteiger partial charge in [0.15, 0.2) is 0 Å². The van der Waals surface area contributed by atoms with Crippen LogP contribution >= 0.6 is 0 Å². The molecule has 0 saturated heterocycles. The fraction of sp³-hybridized carbons (Fsp3) is 0.200. The molecule has 1 heteroatoms. The molecule has 0 radical (unpaired) electrons. The smallest absolute Gasteiger partial charge is 0.0503 e. The molecule has 5 rings (SSSR count). The Bertz CT molecular complexity index is 1210. The van der Waals surface area contributed by atoms with Crippen LogP contribution in [0.15, 0.2) is 78.9 Å². The molecule has 0 aliphatic carbocycles. The van der Waals surface area contributed by atoms with Gasteiger partial charge < -0.3 is 4.90 Å². The summed E-state index contributed by atoms with van der Waals surface area (Å²) in [5.41, 5.74) is 14.6. The van der Waals surface area contributed by atoms with Crippen molar-refractivity contribution in [2.24, 2.45) is 0 Å². The van der Waals surface area contributed by atoms with E-state index in [9.17, 15) is 0 Å². The van der Waals surface area contributed by atoms with E-state index in [1.54, 1.807) is 0 Å². The van der Waals surface area contributed by atoms with Crippen molar-refractivity contribution in [2.45, 2.75) is 40.5 Å². The second-order valence-corrected chi connectivity index (χ2v) is 9.04. The topological polar surface area (TPSA) is 3.24 Å². The van der Waals surface area contributed by atoms with E-state index in [1.165, 1.54) is 61.6 Å². The van der Waals surface area contributed by atoms with Gasteiger partial charge in [0.25, 0.3) is 0 Å². The Balaban J connectivity index is 1.87. The highest BCUT2D eigenvalue weighted by Crippen LogP contribution is 2.52. The summed E-state index contributed by atoms with van der Waals surface area (Å²) < 4.78 is 0. The number of rotatable bonds is 2. The van der Waals surface area contributed by atoms with Crippen molar-refractivity contribution in [3.63, 3.8) is 0 Å². The second-order valence-electron chi connectivity index (χ2n) is 9.04. The zero-order chi connectivity index (χ0) is 21.7. The van der Waals surface area contributed by atoms with Gasteiger partial charge >= 0.3 is 0 Å². The minimum absolute atomic E-state index is 0.227. The van der Waals surface area contributed by atoms with Crippen molar-refractivity contribution >= 4 is 17.1 Å². The first kappa shape index (κ1) is 19.6. The standard InChI is InChI=1S/C30H29N/c1-19-11-13-27-25(17-19)30(29-22(4)15-21(3)16-23(29)5)26-18-20(2)12-14-28(26)31(27)24-9-7-6-8-10-24/h6-18,30H,1-5H3. The Labute approximate surface area is 186 Å². The minimum atomic E-state index is 0.227. The predicted molar refractivity (Wildman–Crippen MR) is 132 cm³/mol. The summed E-state index contributed by atoms with van der Waals surface area (Å²) in [4.78, 5) is 2.43. The van der Waals surface area contributed by atoms with Gasteiger partial charge in [-0.25, -0.2) is 0 Å². The molecule has 1 heterocycles. The van der Waals surface area contributed by atoms with E-state index < -0.39 is 0 Å². The number of fused-ring (bicyclic) bond motifs is 2. The number of benzene rings is 4. The van der Waals surface area contributed by atoms with E-state index in [0.717, 1.165) is 0 Å². The van der Waals surface area contributed by atoms with Gasteiger partial charge in [-0.05, 0) is 86.7 Å². The first-order valence-corrected chi connectivity index (χ1v) is 11.1. The van der Waals surface area contributed by atoms with Crippen LogP contribution < -0.4 is 4.90 Å². The van der Waals surface area contributed by atoms with Crippen LogP contribution in [0.1, 0.15) is 50.4 Å². The van der Waals surface area contributed by atoms with Crippen molar-refractivity contribution in [3.05, 3.63) is 123 Å². The van der Waals surface area contributed by atoms with Crippen molar-refractivity contribution in [2.75, 3.05) is 4.90 Å². The van der Waals surface area contributed by atoms with E-state index in [2.05, 4.69) is 118 Å². The number of nitrogens with zero attached hydrogens (tertiary/aromatic N) is 1. The van der Waals surface area contributed by atoms with Crippen molar-refractivity contribution < 1.29 is 0 Å². The van der Waals surface area contributed by atoms with Crippen molar-refractivity contribution in [1.29, 1.82) is 0 Å². The molecule has 0 amide bonds. The number of aryl methyl sites for hydroxylation is 5. The van der Waals surface area contributed by atoms with Gasteiger partial charge in [-0.1, -0.05) is 71.3 Å². The van der Waals surface area contributed by atoms with Gasteiger partial charge in [-0.3, -0.25) is 0 Å². The molecule has 0 unspecified atom stereocenters. The summed E-state index contributed by atoms with van der Waals surface area (Å²) in [6, 6.07) is 29.2. The second kappa shape index (κ2) is 7.42. The SMILES string of the molecule is Cc1cc(C)c(C2c3cc(C)ccc3N(c3ccccc3)c3ccc(C)cc32)c(C)c1. The predicted octanol–water partition coefficient (Wildman–Crippen LogP) is 8.19. The van der Waals surface area contributed by atoms with E-state index in [1.807, 2.05) is 0 Å². The van der Waals surface area contributed by atoms with Gasteiger partial charge in [0.05, 0.1) is 11.4 Å². The highest BCUT2D eigenvalue weighted by atomic mass is 15.2. The molecule has 0 atom stereocenters. The van der Waals surface area contributed by atoms with E-state index in [4.69, 9.17) is 0 Å². The number of para-hydroxylation sites is 1. The molecule has 0 N–H and O–H groups in total. The molecule has 0 fully saturated rings. The molecule has 31 heavy (non-hydrogen) atoms. The molecule has 1 aliphatic rings. The van der Waals surface area contributed by atoms with Gasteiger partial charge in [0.2, 0.25) is 0 Å². The Kier molecular flexibility index (Phi) is 4.70. The first-order valence-electron chi connectivity index (χ1n) is 11.1. The van der Waals surface area contributed by atoms with E-state index in [-0.39, 0.29) is 5.92 Å². The maximum Gasteiger partial charge on any atom is 0.0503 e. The third-order valence-corrected chi connectivity index (χ3v) is 6.51. The highest BCUT2D eigenvalue weighted by Gasteiger charge is 2.34. The van der Waals surface area contributed by atoms with Crippen LogP contribution in [-0.4, -0.2) is 0 Å². The molecule has 0 aromatic heterocycles. The monoisotopic (exact) mass is 403 g/mol. The molecule has 1 aliphatic heterocycles. The molecule has 1 nitrogen and oxygen atoms in total. The van der Waals surface area contributed by atoms with E-state index in [0.29, 0.717) is 0 Å². The summed E-state index contributed by atoms with van der Waals surface area (Å²) in [5, 5.41) is 0. The molecule has 4 aromatic carbocycles. The summed E-state index contributed by atoms with van der Waals surface area (Å²) in [5.74, 6) is 0.227. The normalized spacial score (nSPS) is 13.1. The molecular weight excluding hydrogens is 374 g/mol. The Morgan fingerprint density at radius 1 is 0.548 bits per heavy atom. The Hall–Kier alpha value is -3.32. The van der Waals surface area contributed by atoms with Crippen LogP contribution in [-0.2, 0) is 0 Å². The maximum absolute atomic E-state index is 2.43. The third-order valence-electron chi connectivity index (χ3n) is 6.51. The van der Waals surface area contributed by atoms with Crippen molar-refractivity contribution in [1.82, 2.24) is 0 Å². The molecule has 0 bridgehead atoms. The number of anilines is 3. The Morgan fingerprint density at radius 2 is 1.06 bits per heavy atom. The molecule has 0 saturated carbocycles. The molecule has 0 spiro atoms. The summed E-state index contributed by atoms with van der Waals surface area (Å²) in [6.07, 6.45) is 0. The van der Waals surface area contributed by atoms with Gasteiger partial charge in [-0.15, -0.1) is 0 Å². The van der Waals surface area contributed by atoms with Gasteiger partial charge in [0.1, 0.15) is 0 Å². The lowest BCUT2D eigenvalue weighted by atomic mass is 9.76. The van der Waals surface area contributed by atoms with Gasteiger partial charge in [0, 0.05) is 11.6 Å². The molecule has 154 valence electrons. The zero-order valence-electron chi connectivity index (χ0n) is 19.0. The summed E-state index contributed by atoms with van der Waals surface area (Å²) >= 11 is 0. The van der Waals surface area contributed by atoms with Crippen LogP contribution in [0.2, 0.25) is 0 Å². The number of hydrogen-bond donors (Lipinski definition) is 0. The minimum Gasteiger partial charge on any atom is -0.310 e.